The molecule has 4 N–H and O–H groups in total. The van der Waals surface area contributed by atoms with Gasteiger partial charge in [-0.25, -0.2) is 4.79 Å². The molecule has 2 amide bonds. The second-order valence-corrected chi connectivity index (χ2v) is 8.33. The first kappa shape index (κ1) is 24.3. The Labute approximate surface area is 193 Å². The lowest BCUT2D eigenvalue weighted by atomic mass is 9.98. The Morgan fingerprint density at radius 1 is 1.03 bits per heavy atom. The second-order valence-electron chi connectivity index (χ2n) is 8.33. The first-order valence-corrected chi connectivity index (χ1v) is 11.1. The fraction of sp³-hybridized carbons (Fsp3) is 0.400. The number of aliphatic hydroxyl groups excluding tert-OH is 1. The van der Waals surface area contributed by atoms with Crippen LogP contribution in [-0.4, -0.2) is 53.5 Å². The number of rotatable bonds is 10. The van der Waals surface area contributed by atoms with Gasteiger partial charge in [0.1, 0.15) is 12.6 Å². The number of carboxylic acid groups (broad SMARTS) is 1. The van der Waals surface area contributed by atoms with Crippen molar-refractivity contribution >= 4 is 18.0 Å². The highest BCUT2D eigenvalue weighted by molar-refractivity contribution is 5.86. The zero-order valence-electron chi connectivity index (χ0n) is 18.8. The largest absolute Gasteiger partial charge is 0.481 e. The van der Waals surface area contributed by atoms with E-state index in [0.717, 1.165) is 22.3 Å². The van der Waals surface area contributed by atoms with Gasteiger partial charge in [0.15, 0.2) is 0 Å². The molecule has 0 fully saturated rings. The summed E-state index contributed by atoms with van der Waals surface area (Å²) in [4.78, 5) is 35.9. The predicted octanol–water partition coefficient (Wildman–Crippen LogP) is 2.89. The molecule has 2 aromatic rings. The summed E-state index contributed by atoms with van der Waals surface area (Å²) in [7, 11) is 0. The minimum absolute atomic E-state index is 0.0924. The Hall–Kier alpha value is -3.39. The molecule has 8 nitrogen and oxygen atoms in total. The molecule has 3 atom stereocenters. The van der Waals surface area contributed by atoms with Crippen molar-refractivity contribution in [3.05, 3.63) is 59.7 Å². The SMILES string of the molecule is CCC(C)C(NC(=O)OCC1c2ccccc2-c2ccccc21)C(=O)NCC(O)CC(=O)O. The van der Waals surface area contributed by atoms with Crippen LogP contribution < -0.4 is 10.6 Å². The summed E-state index contributed by atoms with van der Waals surface area (Å²) < 4.78 is 5.54. The van der Waals surface area contributed by atoms with Gasteiger partial charge >= 0.3 is 12.1 Å². The lowest BCUT2D eigenvalue weighted by molar-refractivity contribution is -0.139. The molecule has 3 unspecified atom stereocenters. The molecule has 0 aromatic heterocycles. The molecule has 0 saturated heterocycles. The Morgan fingerprint density at radius 2 is 1.61 bits per heavy atom. The van der Waals surface area contributed by atoms with E-state index in [9.17, 15) is 19.5 Å². The number of nitrogens with one attached hydrogen (secondary N) is 2. The molecule has 3 rings (SSSR count). The fourth-order valence-corrected chi connectivity index (χ4v) is 4.07. The van der Waals surface area contributed by atoms with Gasteiger partial charge in [-0.15, -0.1) is 0 Å². The van der Waals surface area contributed by atoms with Crippen LogP contribution in [0.4, 0.5) is 4.79 Å². The average molecular weight is 455 g/mol. The number of amides is 2. The predicted molar refractivity (Wildman–Crippen MR) is 123 cm³/mol. The van der Waals surface area contributed by atoms with Crippen molar-refractivity contribution in [2.24, 2.45) is 5.92 Å². The van der Waals surface area contributed by atoms with Crippen LogP contribution in [0.2, 0.25) is 0 Å². The van der Waals surface area contributed by atoms with E-state index in [0.29, 0.717) is 6.42 Å². The van der Waals surface area contributed by atoms with E-state index in [1.807, 2.05) is 50.2 Å². The van der Waals surface area contributed by atoms with Crippen molar-refractivity contribution < 1.29 is 29.3 Å². The molecule has 1 aliphatic carbocycles. The van der Waals surface area contributed by atoms with E-state index in [4.69, 9.17) is 9.84 Å². The molecule has 0 aliphatic heterocycles. The number of alkyl carbamates (subject to hydrolysis) is 1. The maximum atomic E-state index is 12.6. The van der Waals surface area contributed by atoms with Gasteiger partial charge in [0.25, 0.3) is 0 Å². The highest BCUT2D eigenvalue weighted by atomic mass is 16.5. The lowest BCUT2D eigenvalue weighted by Crippen LogP contribution is -2.51. The molecular formula is C25H30N2O6. The summed E-state index contributed by atoms with van der Waals surface area (Å²) >= 11 is 0. The van der Waals surface area contributed by atoms with E-state index in [1.54, 1.807) is 0 Å². The summed E-state index contributed by atoms with van der Waals surface area (Å²) in [5.41, 5.74) is 4.43. The van der Waals surface area contributed by atoms with Crippen LogP contribution in [0, 0.1) is 5.92 Å². The van der Waals surface area contributed by atoms with Crippen LogP contribution >= 0.6 is 0 Å². The van der Waals surface area contributed by atoms with Gasteiger partial charge in [0.2, 0.25) is 5.91 Å². The van der Waals surface area contributed by atoms with Crippen molar-refractivity contribution in [1.29, 1.82) is 0 Å². The fourth-order valence-electron chi connectivity index (χ4n) is 4.07. The summed E-state index contributed by atoms with van der Waals surface area (Å²) in [5.74, 6) is -1.94. The molecule has 1 aliphatic rings. The highest BCUT2D eigenvalue weighted by Gasteiger charge is 2.31. The monoisotopic (exact) mass is 454 g/mol. The van der Waals surface area contributed by atoms with Crippen LogP contribution in [0.3, 0.4) is 0 Å². The van der Waals surface area contributed by atoms with Gasteiger partial charge in [-0.05, 0) is 28.2 Å². The molecule has 8 heteroatoms. The zero-order chi connectivity index (χ0) is 24.0. The molecule has 0 bridgehead atoms. The normalized spacial score (nSPS) is 15.0. The van der Waals surface area contributed by atoms with E-state index >= 15 is 0 Å². The lowest BCUT2D eigenvalue weighted by Gasteiger charge is -2.24. The molecular weight excluding hydrogens is 424 g/mol. The number of benzene rings is 2. The van der Waals surface area contributed by atoms with Crippen LogP contribution in [-0.2, 0) is 14.3 Å². The zero-order valence-corrected chi connectivity index (χ0v) is 18.8. The summed E-state index contributed by atoms with van der Waals surface area (Å²) in [6, 6.07) is 15.2. The van der Waals surface area contributed by atoms with E-state index in [2.05, 4.69) is 22.8 Å². The maximum Gasteiger partial charge on any atom is 0.407 e. The number of aliphatic hydroxyl groups is 1. The molecule has 0 saturated carbocycles. The summed E-state index contributed by atoms with van der Waals surface area (Å²) in [6.45, 7) is 3.63. The minimum Gasteiger partial charge on any atom is -0.481 e. The third kappa shape index (κ3) is 5.90. The third-order valence-corrected chi connectivity index (χ3v) is 6.03. The summed E-state index contributed by atoms with van der Waals surface area (Å²) in [6.07, 6.45) is -1.77. The number of fused-ring (bicyclic) bond motifs is 3. The summed E-state index contributed by atoms with van der Waals surface area (Å²) in [5, 5.41) is 23.6. The van der Waals surface area contributed by atoms with Gasteiger partial charge in [0.05, 0.1) is 12.5 Å². The van der Waals surface area contributed by atoms with Crippen LogP contribution in [0.5, 0.6) is 0 Å². The molecule has 33 heavy (non-hydrogen) atoms. The Kier molecular flexibility index (Phi) is 8.06. The van der Waals surface area contributed by atoms with Crippen molar-refractivity contribution in [3.8, 4) is 11.1 Å². The van der Waals surface area contributed by atoms with Crippen molar-refractivity contribution in [3.63, 3.8) is 0 Å². The minimum atomic E-state index is -1.21. The van der Waals surface area contributed by atoms with Gasteiger partial charge in [-0.3, -0.25) is 9.59 Å². The first-order chi connectivity index (χ1) is 15.8. The molecule has 0 radical (unpaired) electrons. The van der Waals surface area contributed by atoms with Crippen molar-refractivity contribution in [1.82, 2.24) is 10.6 Å². The Bertz CT molecular complexity index is 962. The third-order valence-electron chi connectivity index (χ3n) is 6.03. The van der Waals surface area contributed by atoms with Gasteiger partial charge in [0, 0.05) is 12.5 Å². The number of carboxylic acids is 1. The number of hydrogen-bond donors (Lipinski definition) is 4. The van der Waals surface area contributed by atoms with Crippen molar-refractivity contribution in [2.45, 2.75) is 44.8 Å². The number of hydrogen-bond acceptors (Lipinski definition) is 5. The Morgan fingerprint density at radius 3 is 2.15 bits per heavy atom. The molecule has 0 heterocycles. The van der Waals surface area contributed by atoms with Crippen LogP contribution in [0.15, 0.2) is 48.5 Å². The first-order valence-electron chi connectivity index (χ1n) is 11.1. The molecule has 176 valence electrons. The topological polar surface area (TPSA) is 125 Å². The van der Waals surface area contributed by atoms with E-state index < -0.39 is 36.5 Å². The molecule has 2 aromatic carbocycles. The average Bonchev–Trinajstić information content (AvgIpc) is 3.12. The van der Waals surface area contributed by atoms with E-state index in [1.165, 1.54) is 0 Å². The number of ether oxygens (including phenoxy) is 1. The van der Waals surface area contributed by atoms with Gasteiger partial charge in [-0.1, -0.05) is 68.8 Å². The van der Waals surface area contributed by atoms with Crippen LogP contribution in [0.25, 0.3) is 11.1 Å². The standard InChI is InChI=1S/C25H30N2O6/c1-3-15(2)23(24(31)26-13-16(28)12-22(29)30)27-25(32)33-14-21-19-10-6-4-8-17(19)18-9-5-7-11-20(18)21/h4-11,15-16,21,23,28H,3,12-14H2,1-2H3,(H,26,31)(H,27,32)(H,29,30). The van der Waals surface area contributed by atoms with E-state index in [-0.39, 0.29) is 25.0 Å². The van der Waals surface area contributed by atoms with Gasteiger partial charge < -0.3 is 25.6 Å². The maximum absolute atomic E-state index is 12.6. The number of carbonyl (C=O) groups is 3. The number of aliphatic carboxylic acids is 1. The second kappa shape index (κ2) is 11.0. The number of carbonyl (C=O) groups excluding carboxylic acids is 2. The van der Waals surface area contributed by atoms with Crippen LogP contribution in [0.1, 0.15) is 43.7 Å². The highest BCUT2D eigenvalue weighted by Crippen LogP contribution is 2.44. The Balaban J connectivity index is 1.62. The quantitative estimate of drug-likeness (QED) is 0.438. The van der Waals surface area contributed by atoms with Gasteiger partial charge in [-0.2, -0.15) is 0 Å². The van der Waals surface area contributed by atoms with Crippen molar-refractivity contribution in [2.75, 3.05) is 13.2 Å². The smallest absolute Gasteiger partial charge is 0.407 e. The molecule has 0 spiro atoms.